The summed E-state index contributed by atoms with van der Waals surface area (Å²) in [7, 11) is 0. The first-order chi connectivity index (χ1) is 16.0. The number of rotatable bonds is 10. The Labute approximate surface area is 191 Å². The minimum absolute atomic E-state index is 0.0323. The molecule has 0 aliphatic heterocycles. The van der Waals surface area contributed by atoms with Crippen LogP contribution in [0.5, 0.6) is 0 Å². The number of imidazole rings is 1. The van der Waals surface area contributed by atoms with Crippen molar-refractivity contribution in [2.45, 2.75) is 39.4 Å². The van der Waals surface area contributed by atoms with Crippen LogP contribution in [0.4, 0.5) is 4.39 Å². The Bertz CT molecular complexity index is 1360. The Kier molecular flexibility index (Phi) is 6.94. The van der Waals surface area contributed by atoms with Gasteiger partial charge in [-0.2, -0.15) is 9.78 Å². The monoisotopic (exact) mass is 476 g/mol. The zero-order chi connectivity index (χ0) is 23.4. The number of hydrogen-bond acceptors (Lipinski definition) is 7. The third-order valence-electron chi connectivity index (χ3n) is 5.01. The molecule has 0 aliphatic carbocycles. The van der Waals surface area contributed by atoms with Crippen molar-refractivity contribution in [3.8, 4) is 0 Å². The minimum atomic E-state index is -0.495. The van der Waals surface area contributed by atoms with E-state index in [9.17, 15) is 14.0 Å². The molecule has 0 radical (unpaired) electrons. The second kappa shape index (κ2) is 10.0. The number of hydrogen-bond donors (Lipinski definition) is 1. The van der Waals surface area contributed by atoms with Gasteiger partial charge in [0.15, 0.2) is 17.0 Å². The molecule has 0 bridgehead atoms. The fourth-order valence-corrected chi connectivity index (χ4v) is 3.61. The SMILES string of the molecule is CCOCCn1c(=O)n(CCCn2nnc(Cc3ccc(F)cc3)n2)c(=O)c2[nH]c(Cl)nc21. The van der Waals surface area contributed by atoms with E-state index in [2.05, 4.69) is 25.4 Å². The van der Waals surface area contributed by atoms with Gasteiger partial charge >= 0.3 is 5.69 Å². The van der Waals surface area contributed by atoms with Crippen LogP contribution in [-0.2, 0) is 30.8 Å². The highest BCUT2D eigenvalue weighted by Crippen LogP contribution is 2.10. The van der Waals surface area contributed by atoms with Gasteiger partial charge in [0.05, 0.1) is 19.7 Å². The number of aryl methyl sites for hydroxylation is 1. The molecule has 0 aliphatic rings. The number of tetrazole rings is 1. The van der Waals surface area contributed by atoms with Crippen LogP contribution in [0.3, 0.4) is 0 Å². The van der Waals surface area contributed by atoms with Crippen LogP contribution in [0, 0.1) is 5.82 Å². The molecular weight excluding hydrogens is 455 g/mol. The molecule has 4 rings (SSSR count). The van der Waals surface area contributed by atoms with Crippen molar-refractivity contribution >= 4 is 22.8 Å². The molecule has 0 unspecified atom stereocenters. The van der Waals surface area contributed by atoms with Gasteiger partial charge in [-0.3, -0.25) is 13.9 Å². The molecule has 0 saturated carbocycles. The molecule has 0 atom stereocenters. The molecule has 1 N–H and O–H groups in total. The second-order valence-electron chi connectivity index (χ2n) is 7.27. The molecule has 0 amide bonds. The van der Waals surface area contributed by atoms with Crippen molar-refractivity contribution in [3.63, 3.8) is 0 Å². The van der Waals surface area contributed by atoms with E-state index in [0.717, 1.165) is 10.1 Å². The van der Waals surface area contributed by atoms with Crippen molar-refractivity contribution in [2.75, 3.05) is 13.2 Å². The number of aromatic amines is 1. The van der Waals surface area contributed by atoms with Crippen molar-refractivity contribution < 1.29 is 9.13 Å². The van der Waals surface area contributed by atoms with Crippen LogP contribution in [0.15, 0.2) is 33.9 Å². The van der Waals surface area contributed by atoms with Gasteiger partial charge in [-0.15, -0.1) is 10.2 Å². The topological polar surface area (TPSA) is 126 Å². The highest BCUT2D eigenvalue weighted by atomic mass is 35.5. The second-order valence-corrected chi connectivity index (χ2v) is 7.63. The summed E-state index contributed by atoms with van der Waals surface area (Å²) in [6.45, 7) is 3.40. The lowest BCUT2D eigenvalue weighted by Crippen LogP contribution is -2.41. The molecule has 11 nitrogen and oxygen atoms in total. The van der Waals surface area contributed by atoms with Gasteiger partial charge in [0.2, 0.25) is 5.28 Å². The van der Waals surface area contributed by atoms with Crippen LogP contribution in [0.25, 0.3) is 11.2 Å². The van der Waals surface area contributed by atoms with Gasteiger partial charge in [0, 0.05) is 19.6 Å². The highest BCUT2D eigenvalue weighted by Gasteiger charge is 2.17. The molecule has 0 fully saturated rings. The predicted octanol–water partition coefficient (Wildman–Crippen LogP) is 1.38. The normalized spacial score (nSPS) is 11.5. The number of nitrogens with zero attached hydrogens (tertiary/aromatic N) is 7. The number of H-pyrrole nitrogens is 1. The van der Waals surface area contributed by atoms with Gasteiger partial charge in [0.25, 0.3) is 5.56 Å². The van der Waals surface area contributed by atoms with Crippen LogP contribution >= 0.6 is 11.6 Å². The van der Waals surface area contributed by atoms with E-state index in [0.29, 0.717) is 38.4 Å². The lowest BCUT2D eigenvalue weighted by molar-refractivity contribution is 0.138. The first-order valence-electron chi connectivity index (χ1n) is 10.4. The quantitative estimate of drug-likeness (QED) is 0.271. The van der Waals surface area contributed by atoms with E-state index in [4.69, 9.17) is 16.3 Å². The van der Waals surface area contributed by atoms with Gasteiger partial charge in [-0.05, 0) is 47.9 Å². The average Bonchev–Trinajstić information content (AvgIpc) is 3.41. The number of fused-ring (bicyclic) bond motifs is 1. The molecule has 3 aromatic heterocycles. The fourth-order valence-electron chi connectivity index (χ4n) is 3.43. The third-order valence-corrected chi connectivity index (χ3v) is 5.18. The summed E-state index contributed by atoms with van der Waals surface area (Å²) in [6.07, 6.45) is 0.835. The van der Waals surface area contributed by atoms with Gasteiger partial charge in [-0.1, -0.05) is 12.1 Å². The molecular formula is C20H22ClFN8O3. The Hall–Kier alpha value is -3.38. The molecule has 3 heterocycles. The number of benzene rings is 1. The van der Waals surface area contributed by atoms with Crippen LogP contribution in [0.1, 0.15) is 24.7 Å². The van der Waals surface area contributed by atoms with E-state index >= 15 is 0 Å². The maximum Gasteiger partial charge on any atom is 0.332 e. The fraction of sp³-hybridized carbons (Fsp3) is 0.400. The molecule has 13 heteroatoms. The number of aromatic nitrogens is 8. The molecule has 4 aromatic rings. The summed E-state index contributed by atoms with van der Waals surface area (Å²) >= 11 is 5.94. The van der Waals surface area contributed by atoms with E-state index in [1.54, 1.807) is 12.1 Å². The van der Waals surface area contributed by atoms with E-state index < -0.39 is 11.2 Å². The molecule has 0 spiro atoms. The zero-order valence-electron chi connectivity index (χ0n) is 17.9. The van der Waals surface area contributed by atoms with Gasteiger partial charge in [-0.25, -0.2) is 9.18 Å². The number of halogens is 2. The van der Waals surface area contributed by atoms with Crippen LogP contribution < -0.4 is 11.2 Å². The van der Waals surface area contributed by atoms with Gasteiger partial charge < -0.3 is 9.72 Å². The average molecular weight is 477 g/mol. The first-order valence-corrected chi connectivity index (χ1v) is 10.8. The Morgan fingerprint density at radius 1 is 1.12 bits per heavy atom. The zero-order valence-corrected chi connectivity index (χ0v) is 18.6. The molecule has 33 heavy (non-hydrogen) atoms. The summed E-state index contributed by atoms with van der Waals surface area (Å²) in [4.78, 5) is 34.0. The summed E-state index contributed by atoms with van der Waals surface area (Å²) in [5.41, 5.74) is 0.247. The number of nitrogens with one attached hydrogen (secondary N) is 1. The predicted molar refractivity (Wildman–Crippen MR) is 118 cm³/mol. The highest BCUT2D eigenvalue weighted by molar-refractivity contribution is 6.28. The maximum atomic E-state index is 13.0. The first kappa shape index (κ1) is 22.8. The molecule has 0 saturated heterocycles. The lowest BCUT2D eigenvalue weighted by Gasteiger charge is -2.11. The maximum absolute atomic E-state index is 13.0. The van der Waals surface area contributed by atoms with Crippen molar-refractivity contribution in [1.29, 1.82) is 0 Å². The third kappa shape index (κ3) is 5.17. The smallest absolute Gasteiger partial charge is 0.332 e. The largest absolute Gasteiger partial charge is 0.380 e. The van der Waals surface area contributed by atoms with Crippen molar-refractivity contribution in [1.82, 2.24) is 39.3 Å². The summed E-state index contributed by atoms with van der Waals surface area (Å²) in [5.74, 6) is 0.184. The van der Waals surface area contributed by atoms with Crippen molar-refractivity contribution in [3.05, 3.63) is 67.6 Å². The van der Waals surface area contributed by atoms with E-state index in [-0.39, 0.29) is 35.4 Å². The Morgan fingerprint density at radius 2 is 1.91 bits per heavy atom. The summed E-state index contributed by atoms with van der Waals surface area (Å²) < 4.78 is 20.9. The van der Waals surface area contributed by atoms with Crippen LogP contribution in [0.2, 0.25) is 5.28 Å². The standard InChI is InChI=1S/C20H22ClFN8O3/c1-2-33-11-10-28-17-16(23-19(21)24-17)18(31)29(20(28)32)8-3-9-30-26-15(25-27-30)12-13-4-6-14(22)7-5-13/h4-7H,2-3,8-12H2,1H3,(H,23,24). The van der Waals surface area contributed by atoms with E-state index in [1.807, 2.05) is 6.92 Å². The number of ether oxygens (including phenoxy) is 1. The van der Waals surface area contributed by atoms with Crippen LogP contribution in [-0.4, -0.2) is 52.5 Å². The molecule has 1 aromatic carbocycles. The lowest BCUT2D eigenvalue weighted by atomic mass is 10.1. The summed E-state index contributed by atoms with van der Waals surface area (Å²) in [6, 6.07) is 6.08. The molecule has 174 valence electrons. The minimum Gasteiger partial charge on any atom is -0.380 e. The summed E-state index contributed by atoms with van der Waals surface area (Å²) in [5, 5.41) is 12.4. The Morgan fingerprint density at radius 3 is 2.67 bits per heavy atom. The Balaban J connectivity index is 1.47. The van der Waals surface area contributed by atoms with Gasteiger partial charge in [0.1, 0.15) is 5.82 Å². The van der Waals surface area contributed by atoms with Crippen molar-refractivity contribution in [2.24, 2.45) is 0 Å². The van der Waals surface area contributed by atoms with E-state index in [1.165, 1.54) is 21.5 Å².